The Hall–Kier alpha value is -3.19. The van der Waals surface area contributed by atoms with E-state index in [0.29, 0.717) is 23.3 Å². The quantitative estimate of drug-likeness (QED) is 0.147. The van der Waals surface area contributed by atoms with Gasteiger partial charge in [-0.2, -0.15) is 0 Å². The van der Waals surface area contributed by atoms with Gasteiger partial charge in [-0.1, -0.05) is 31.1 Å². The van der Waals surface area contributed by atoms with Gasteiger partial charge in [0.2, 0.25) is 0 Å². The number of nitrogens with zero attached hydrogens (tertiary/aromatic N) is 1. The number of fused-ring (bicyclic) bond motifs is 2. The van der Waals surface area contributed by atoms with Crippen LogP contribution in [0.15, 0.2) is 42.0 Å². The van der Waals surface area contributed by atoms with E-state index in [-0.39, 0.29) is 46.7 Å². The van der Waals surface area contributed by atoms with Gasteiger partial charge >= 0.3 is 0 Å². The Labute approximate surface area is 207 Å². The van der Waals surface area contributed by atoms with E-state index in [1.807, 2.05) is 6.08 Å². The number of anilines is 3. The third kappa shape index (κ3) is 5.56. The van der Waals surface area contributed by atoms with Crippen LogP contribution in [0.5, 0.6) is 17.2 Å². The number of allylic oxidation sites excluding steroid dienone is 1. The van der Waals surface area contributed by atoms with E-state index in [1.165, 1.54) is 35.1 Å². The number of para-hydroxylation sites is 1. The van der Waals surface area contributed by atoms with Gasteiger partial charge < -0.3 is 30.3 Å². The molecule has 0 radical (unpaired) electrons. The molecular formula is C28H36N2O5. The number of benzene rings is 2. The number of amides is 1. The number of ether oxygens (including phenoxy) is 1. The predicted molar refractivity (Wildman–Crippen MR) is 138 cm³/mol. The molecule has 2 aromatic rings. The highest BCUT2D eigenvalue weighted by Crippen LogP contribution is 2.45. The molecule has 2 aromatic carbocycles. The highest BCUT2D eigenvalue weighted by atomic mass is 16.6. The minimum absolute atomic E-state index is 0.0603. The molecule has 0 aliphatic carbocycles. The summed E-state index contributed by atoms with van der Waals surface area (Å²) in [5.41, 5.74) is 2.38. The Balaban J connectivity index is 1.43. The zero-order valence-corrected chi connectivity index (χ0v) is 21.0. The molecule has 2 aliphatic heterocycles. The summed E-state index contributed by atoms with van der Waals surface area (Å²) in [6.45, 7) is 8.92. The number of carbonyl (C=O) groups is 1. The lowest BCUT2D eigenvalue weighted by atomic mass is 9.94. The molecule has 4 N–H and O–H groups in total. The lowest BCUT2D eigenvalue weighted by molar-refractivity contribution is 0.0991. The highest BCUT2D eigenvalue weighted by molar-refractivity contribution is 6.15. The fourth-order valence-electron chi connectivity index (χ4n) is 4.75. The van der Waals surface area contributed by atoms with Crippen molar-refractivity contribution < 1.29 is 24.9 Å². The van der Waals surface area contributed by atoms with E-state index in [9.17, 15) is 20.1 Å². The molecule has 2 aliphatic rings. The summed E-state index contributed by atoms with van der Waals surface area (Å²) in [5, 5.41) is 33.9. The lowest BCUT2D eigenvalue weighted by Gasteiger charge is -2.22. The maximum atomic E-state index is 13.4. The first-order valence-electron chi connectivity index (χ1n) is 12.4. The number of carbonyl (C=O) groups excluding carboxylic acids is 1. The topological polar surface area (TPSA) is 106 Å². The van der Waals surface area contributed by atoms with Crippen molar-refractivity contribution in [2.45, 2.75) is 71.5 Å². The number of phenolic OH excluding ortho intramolecular Hbond substituents is 3. The van der Waals surface area contributed by atoms with Crippen molar-refractivity contribution in [3.63, 3.8) is 0 Å². The monoisotopic (exact) mass is 480 g/mol. The summed E-state index contributed by atoms with van der Waals surface area (Å²) in [5.74, 6) is -0.124. The van der Waals surface area contributed by atoms with Gasteiger partial charge in [0, 0.05) is 18.7 Å². The van der Waals surface area contributed by atoms with Crippen LogP contribution < -0.4 is 10.2 Å². The first-order chi connectivity index (χ1) is 16.6. The number of epoxide rings is 1. The normalized spacial score (nSPS) is 19.4. The molecule has 7 nitrogen and oxygen atoms in total. The molecule has 4 rings (SSSR count). The zero-order chi connectivity index (χ0) is 25.3. The smallest absolute Gasteiger partial charge is 0.260 e. The van der Waals surface area contributed by atoms with Crippen LogP contribution in [0.4, 0.5) is 17.1 Å². The third-order valence-corrected chi connectivity index (χ3v) is 7.12. The van der Waals surface area contributed by atoms with Crippen molar-refractivity contribution in [1.82, 2.24) is 0 Å². The molecule has 1 amide bonds. The first kappa shape index (κ1) is 24.9. The minimum Gasteiger partial charge on any atom is -0.508 e. The summed E-state index contributed by atoms with van der Waals surface area (Å²) >= 11 is 0. The molecule has 0 spiro atoms. The van der Waals surface area contributed by atoms with E-state index in [1.54, 1.807) is 12.1 Å². The largest absolute Gasteiger partial charge is 0.508 e. The summed E-state index contributed by atoms with van der Waals surface area (Å²) in [6.07, 6.45) is 7.85. The van der Waals surface area contributed by atoms with Crippen LogP contribution in [-0.4, -0.2) is 39.5 Å². The molecule has 7 heteroatoms. The van der Waals surface area contributed by atoms with Crippen LogP contribution in [0.1, 0.15) is 70.2 Å². The van der Waals surface area contributed by atoms with Gasteiger partial charge in [-0.3, -0.25) is 4.79 Å². The number of rotatable bonds is 9. The molecule has 2 unspecified atom stereocenters. The predicted octanol–water partition coefficient (Wildman–Crippen LogP) is 6.22. The van der Waals surface area contributed by atoms with Crippen LogP contribution in [0.3, 0.4) is 0 Å². The third-order valence-electron chi connectivity index (χ3n) is 7.12. The van der Waals surface area contributed by atoms with E-state index in [4.69, 9.17) is 4.74 Å². The van der Waals surface area contributed by atoms with Gasteiger partial charge in [0.1, 0.15) is 22.9 Å². The van der Waals surface area contributed by atoms with E-state index >= 15 is 0 Å². The van der Waals surface area contributed by atoms with E-state index in [2.05, 4.69) is 33.0 Å². The Morgan fingerprint density at radius 3 is 2.63 bits per heavy atom. The van der Waals surface area contributed by atoms with Crippen LogP contribution in [0, 0.1) is 5.92 Å². The maximum Gasteiger partial charge on any atom is 0.260 e. The van der Waals surface area contributed by atoms with Gasteiger partial charge in [-0.25, -0.2) is 0 Å². The highest BCUT2D eigenvalue weighted by Gasteiger charge is 2.46. The van der Waals surface area contributed by atoms with Crippen molar-refractivity contribution in [1.29, 1.82) is 0 Å². The molecule has 1 fully saturated rings. The number of hydrogen-bond donors (Lipinski definition) is 4. The van der Waals surface area contributed by atoms with Gasteiger partial charge in [0.05, 0.1) is 28.6 Å². The minimum atomic E-state index is -0.324. The Morgan fingerprint density at radius 1 is 1.17 bits per heavy atom. The molecule has 2 heterocycles. The number of phenols is 3. The van der Waals surface area contributed by atoms with Crippen molar-refractivity contribution in [2.24, 2.45) is 5.92 Å². The van der Waals surface area contributed by atoms with Crippen LogP contribution in [0.2, 0.25) is 0 Å². The molecule has 2 atom stereocenters. The van der Waals surface area contributed by atoms with Crippen LogP contribution >= 0.6 is 0 Å². The molecule has 0 bridgehead atoms. The summed E-state index contributed by atoms with van der Waals surface area (Å²) in [7, 11) is 0. The van der Waals surface area contributed by atoms with Gasteiger partial charge in [0.25, 0.3) is 5.91 Å². The zero-order valence-electron chi connectivity index (χ0n) is 21.0. The second-order valence-corrected chi connectivity index (χ2v) is 10.4. The summed E-state index contributed by atoms with van der Waals surface area (Å²) in [6, 6.07) is 7.37. The average Bonchev–Trinajstić information content (AvgIpc) is 3.43. The number of hydrogen-bond acceptors (Lipinski definition) is 6. The van der Waals surface area contributed by atoms with E-state index in [0.717, 1.165) is 25.7 Å². The summed E-state index contributed by atoms with van der Waals surface area (Å²) in [4.78, 5) is 15.0. The van der Waals surface area contributed by atoms with Gasteiger partial charge in [-0.15, -0.1) is 0 Å². The SMILES string of the molecule is CC(=CCN1C(=O)c2cccc(O)c2Nc2c(O)cc(O)cc21)CCCC(C)CCC1OC1(C)C. The second kappa shape index (κ2) is 9.82. The first-order valence-corrected chi connectivity index (χ1v) is 12.4. The number of aromatic hydroxyl groups is 3. The Bertz CT molecular complexity index is 1140. The number of nitrogens with one attached hydrogen (secondary N) is 1. The van der Waals surface area contributed by atoms with Crippen molar-refractivity contribution in [2.75, 3.05) is 16.8 Å². The van der Waals surface area contributed by atoms with E-state index < -0.39 is 0 Å². The molecule has 1 saturated heterocycles. The fraction of sp³-hybridized carbons (Fsp3) is 0.464. The van der Waals surface area contributed by atoms with Crippen molar-refractivity contribution >= 4 is 23.0 Å². The lowest BCUT2D eigenvalue weighted by Crippen LogP contribution is -2.30. The van der Waals surface area contributed by atoms with Crippen LogP contribution in [0.25, 0.3) is 0 Å². The van der Waals surface area contributed by atoms with Crippen molar-refractivity contribution in [3.8, 4) is 17.2 Å². The van der Waals surface area contributed by atoms with Crippen LogP contribution in [-0.2, 0) is 4.74 Å². The average molecular weight is 481 g/mol. The molecule has 188 valence electrons. The fourth-order valence-corrected chi connectivity index (χ4v) is 4.75. The summed E-state index contributed by atoms with van der Waals surface area (Å²) < 4.78 is 5.68. The van der Waals surface area contributed by atoms with Gasteiger partial charge in [-0.05, 0) is 64.5 Å². The second-order valence-electron chi connectivity index (χ2n) is 10.4. The van der Waals surface area contributed by atoms with Gasteiger partial charge in [0.15, 0.2) is 0 Å². The molecule has 0 aromatic heterocycles. The van der Waals surface area contributed by atoms with Crippen molar-refractivity contribution in [3.05, 3.63) is 47.5 Å². The standard InChI is InChI=1S/C28H36N2O5/c1-17(11-12-24-28(3,4)35-24)7-5-8-18(2)13-14-30-21-15-19(31)16-23(33)26(21)29-25-20(27(30)34)9-6-10-22(25)32/h6,9-10,13,15-17,24,29,31-33H,5,7-8,11-12,14H2,1-4H3. The molecular weight excluding hydrogens is 444 g/mol. The Morgan fingerprint density at radius 2 is 1.91 bits per heavy atom. The molecule has 35 heavy (non-hydrogen) atoms. The maximum absolute atomic E-state index is 13.4. The molecule has 0 saturated carbocycles. The Kier molecular flexibility index (Phi) is 6.99.